The largest absolute Gasteiger partial charge is 0.289 e. The van der Waals surface area contributed by atoms with Gasteiger partial charge in [0.25, 0.3) is 0 Å². The quantitative estimate of drug-likeness (QED) is 0.444. The molecule has 0 saturated heterocycles. The Bertz CT molecular complexity index is 971. The first-order valence-electron chi connectivity index (χ1n) is 10.0. The lowest BCUT2D eigenvalue weighted by Gasteiger charge is -2.31. The van der Waals surface area contributed by atoms with Crippen LogP contribution in [0.15, 0.2) is 57.9 Å². The molecule has 1 amide bonds. The number of nitrogens with one attached hydrogen (secondary N) is 1. The van der Waals surface area contributed by atoms with Gasteiger partial charge in [0.1, 0.15) is 0 Å². The van der Waals surface area contributed by atoms with Gasteiger partial charge < -0.3 is 0 Å². The minimum atomic E-state index is -3.66. The molecule has 2 aromatic carbocycles. The molecular weight excluding hydrogens is 468 g/mol. The Morgan fingerprint density at radius 1 is 1.13 bits per heavy atom. The van der Waals surface area contributed by atoms with Crippen LogP contribution in [0.3, 0.4) is 0 Å². The van der Waals surface area contributed by atoms with Crippen molar-refractivity contribution in [3.63, 3.8) is 0 Å². The van der Waals surface area contributed by atoms with Crippen molar-refractivity contribution in [2.24, 2.45) is 11.8 Å². The molecule has 2 aromatic rings. The predicted molar refractivity (Wildman–Crippen MR) is 118 cm³/mol. The summed E-state index contributed by atoms with van der Waals surface area (Å²) in [5.41, 5.74) is 3.65. The maximum Gasteiger partial charge on any atom is 0.246 e. The molecule has 30 heavy (non-hydrogen) atoms. The smallest absolute Gasteiger partial charge is 0.246 e. The molecule has 2 N–H and O–H groups in total. The molecule has 1 saturated carbocycles. The van der Waals surface area contributed by atoms with Crippen LogP contribution in [0.1, 0.15) is 36.8 Å². The Labute approximate surface area is 186 Å². The molecule has 0 aliphatic heterocycles. The zero-order valence-electron chi connectivity index (χ0n) is 16.9. The lowest BCUT2D eigenvalue weighted by atomic mass is 9.81. The van der Waals surface area contributed by atoms with Crippen LogP contribution in [0.25, 0.3) is 0 Å². The van der Waals surface area contributed by atoms with Gasteiger partial charge in [0.15, 0.2) is 0 Å². The van der Waals surface area contributed by atoms with Crippen molar-refractivity contribution in [3.8, 4) is 0 Å². The van der Waals surface area contributed by atoms with Gasteiger partial charge in [-0.25, -0.2) is 13.9 Å². The summed E-state index contributed by atoms with van der Waals surface area (Å²) in [6.07, 6.45) is 2.78. The highest BCUT2D eigenvalue weighted by atomic mass is 79.9. The molecule has 8 heteroatoms. The molecular formula is C22H27BrN2O4S. The maximum atomic E-state index is 13.4. The summed E-state index contributed by atoms with van der Waals surface area (Å²) >= 11 is 3.45. The standard InChI is InChI=1S/C22H27BrN2O4S/c1-16-5-11-21(12-6-16)30(28,29)25(15-18-3-2-4-20(23)13-18)14-17-7-9-19(10-8-17)22(26)24-27/h2-6,11-13,17,19,27H,7-10,14-15H2,1H3,(H,24,26). The van der Waals surface area contributed by atoms with Crippen LogP contribution in [0.4, 0.5) is 0 Å². The number of carbonyl (C=O) groups is 1. The Kier molecular flexibility index (Phi) is 7.68. The van der Waals surface area contributed by atoms with Gasteiger partial charge in [-0.2, -0.15) is 4.31 Å². The van der Waals surface area contributed by atoms with E-state index in [2.05, 4.69) is 15.9 Å². The van der Waals surface area contributed by atoms with Gasteiger partial charge in [-0.15, -0.1) is 0 Å². The van der Waals surface area contributed by atoms with E-state index in [1.807, 2.05) is 43.3 Å². The first kappa shape index (κ1) is 22.9. The fourth-order valence-electron chi connectivity index (χ4n) is 3.93. The summed E-state index contributed by atoms with van der Waals surface area (Å²) in [4.78, 5) is 12.0. The molecule has 1 aliphatic carbocycles. The van der Waals surface area contributed by atoms with Gasteiger partial charge in [0, 0.05) is 23.5 Å². The predicted octanol–water partition coefficient (Wildman–Crippen LogP) is 4.26. The van der Waals surface area contributed by atoms with Gasteiger partial charge in [0.2, 0.25) is 15.9 Å². The summed E-state index contributed by atoms with van der Waals surface area (Å²) in [6, 6.07) is 14.6. The number of rotatable bonds is 7. The second-order valence-electron chi connectivity index (χ2n) is 7.93. The third-order valence-corrected chi connectivity index (χ3v) is 8.02. The fraction of sp³-hybridized carbons (Fsp3) is 0.409. The molecule has 3 rings (SSSR count). The summed E-state index contributed by atoms with van der Waals surface area (Å²) in [7, 11) is -3.66. The SMILES string of the molecule is Cc1ccc(S(=O)(=O)N(Cc2cccc(Br)c2)CC2CCC(C(=O)NO)CC2)cc1. The molecule has 0 spiro atoms. The normalized spacial score (nSPS) is 19.6. The number of hydrogen-bond acceptors (Lipinski definition) is 4. The third-order valence-electron chi connectivity index (χ3n) is 5.70. The monoisotopic (exact) mass is 494 g/mol. The highest BCUT2D eigenvalue weighted by Crippen LogP contribution is 2.31. The van der Waals surface area contributed by atoms with Crippen LogP contribution >= 0.6 is 15.9 Å². The van der Waals surface area contributed by atoms with E-state index in [1.165, 1.54) is 0 Å². The minimum Gasteiger partial charge on any atom is -0.289 e. The topological polar surface area (TPSA) is 86.7 Å². The Morgan fingerprint density at radius 3 is 2.40 bits per heavy atom. The highest BCUT2D eigenvalue weighted by Gasteiger charge is 2.31. The van der Waals surface area contributed by atoms with Gasteiger partial charge in [-0.1, -0.05) is 45.8 Å². The summed E-state index contributed by atoms with van der Waals surface area (Å²) in [6.45, 7) is 2.61. The number of aryl methyl sites for hydroxylation is 1. The Morgan fingerprint density at radius 2 is 1.80 bits per heavy atom. The van der Waals surface area contributed by atoms with Crippen molar-refractivity contribution in [3.05, 3.63) is 64.1 Å². The van der Waals surface area contributed by atoms with Crippen molar-refractivity contribution >= 4 is 31.9 Å². The second-order valence-corrected chi connectivity index (χ2v) is 10.8. The average molecular weight is 495 g/mol. The Hall–Kier alpha value is -1.74. The van der Waals surface area contributed by atoms with Crippen LogP contribution in [-0.4, -0.2) is 30.4 Å². The van der Waals surface area contributed by atoms with E-state index in [-0.39, 0.29) is 29.2 Å². The second kappa shape index (κ2) is 10.0. The number of hydrogen-bond donors (Lipinski definition) is 2. The van der Waals surface area contributed by atoms with E-state index in [4.69, 9.17) is 5.21 Å². The minimum absolute atomic E-state index is 0.167. The van der Waals surface area contributed by atoms with Crippen molar-refractivity contribution in [1.29, 1.82) is 0 Å². The number of benzene rings is 2. The number of nitrogens with zero attached hydrogens (tertiary/aromatic N) is 1. The zero-order valence-corrected chi connectivity index (χ0v) is 19.3. The molecule has 162 valence electrons. The van der Waals surface area contributed by atoms with Gasteiger partial charge in [-0.05, 0) is 68.4 Å². The molecule has 1 aliphatic rings. The van der Waals surface area contributed by atoms with Gasteiger partial charge in [0.05, 0.1) is 4.90 Å². The number of halogens is 1. The molecule has 0 heterocycles. The molecule has 0 atom stereocenters. The zero-order chi connectivity index (χ0) is 21.7. The van der Waals surface area contributed by atoms with Crippen LogP contribution in [0, 0.1) is 18.8 Å². The van der Waals surface area contributed by atoms with Crippen molar-refractivity contribution in [1.82, 2.24) is 9.79 Å². The number of amides is 1. The summed E-state index contributed by atoms with van der Waals surface area (Å²) < 4.78 is 29.3. The van der Waals surface area contributed by atoms with Crippen LogP contribution < -0.4 is 5.48 Å². The first-order valence-corrected chi connectivity index (χ1v) is 12.3. The number of sulfonamides is 1. The van der Waals surface area contributed by atoms with Crippen molar-refractivity contribution < 1.29 is 18.4 Å². The number of carbonyl (C=O) groups excluding carboxylic acids is 1. The Balaban J connectivity index is 1.81. The molecule has 6 nitrogen and oxygen atoms in total. The van der Waals surface area contributed by atoms with E-state index in [0.29, 0.717) is 19.4 Å². The van der Waals surface area contributed by atoms with Crippen LogP contribution in [0.5, 0.6) is 0 Å². The molecule has 1 fully saturated rings. The molecule has 0 unspecified atom stereocenters. The van der Waals surface area contributed by atoms with Crippen molar-refractivity contribution in [2.45, 2.75) is 44.0 Å². The lowest BCUT2D eigenvalue weighted by Crippen LogP contribution is -2.38. The average Bonchev–Trinajstić information content (AvgIpc) is 2.73. The lowest BCUT2D eigenvalue weighted by molar-refractivity contribution is -0.134. The summed E-state index contributed by atoms with van der Waals surface area (Å²) in [5, 5.41) is 8.85. The van der Waals surface area contributed by atoms with E-state index >= 15 is 0 Å². The van der Waals surface area contributed by atoms with Crippen LogP contribution in [-0.2, 0) is 21.4 Å². The fourth-order valence-corrected chi connectivity index (χ4v) is 5.88. The number of hydroxylamine groups is 1. The van der Waals surface area contributed by atoms with Crippen molar-refractivity contribution in [2.75, 3.05) is 6.54 Å². The molecule has 0 radical (unpaired) electrons. The molecule has 0 aromatic heterocycles. The summed E-state index contributed by atoms with van der Waals surface area (Å²) in [5.74, 6) is -0.398. The third kappa shape index (κ3) is 5.69. The highest BCUT2D eigenvalue weighted by molar-refractivity contribution is 9.10. The first-order chi connectivity index (χ1) is 14.3. The maximum absolute atomic E-state index is 13.4. The van der Waals surface area contributed by atoms with Gasteiger partial charge in [-0.3, -0.25) is 10.0 Å². The van der Waals surface area contributed by atoms with E-state index < -0.39 is 10.0 Å². The molecule has 0 bridgehead atoms. The van der Waals surface area contributed by atoms with Crippen LogP contribution in [0.2, 0.25) is 0 Å². The van der Waals surface area contributed by atoms with E-state index in [1.54, 1.807) is 21.9 Å². The van der Waals surface area contributed by atoms with E-state index in [0.717, 1.165) is 28.4 Å². The van der Waals surface area contributed by atoms with Gasteiger partial charge >= 0.3 is 0 Å². The van der Waals surface area contributed by atoms with E-state index in [9.17, 15) is 13.2 Å².